The Morgan fingerprint density at radius 3 is 2.84 bits per heavy atom. The Labute approximate surface area is 145 Å². The minimum atomic E-state index is -1.28. The number of nitrogens with zero attached hydrogens (tertiary/aromatic N) is 2. The lowest BCUT2D eigenvalue weighted by Gasteiger charge is -2.21. The number of urea groups is 1. The van der Waals surface area contributed by atoms with Crippen LogP contribution in [0.5, 0.6) is 0 Å². The molecule has 0 aliphatic heterocycles. The van der Waals surface area contributed by atoms with Gasteiger partial charge in [-0.3, -0.25) is 0 Å². The standard InChI is InChI=1S/C18H20N4O3/c1-13-8-9-20-22(13)15-6-3-5-14(11-15)21-17(23)19-12-18(2,24)16-7-4-10-25-16/h3-11,24H,12H2,1-2H3,(H2,19,21,23)/t18-/m0/s1. The third-order valence-corrected chi connectivity index (χ3v) is 3.83. The molecule has 25 heavy (non-hydrogen) atoms. The lowest BCUT2D eigenvalue weighted by atomic mass is 10.0. The second kappa shape index (κ2) is 6.82. The summed E-state index contributed by atoms with van der Waals surface area (Å²) in [7, 11) is 0. The van der Waals surface area contributed by atoms with Crippen molar-refractivity contribution >= 4 is 11.7 Å². The Kier molecular flexibility index (Phi) is 4.58. The lowest BCUT2D eigenvalue weighted by molar-refractivity contribution is 0.0372. The van der Waals surface area contributed by atoms with Crippen LogP contribution >= 0.6 is 0 Å². The predicted octanol–water partition coefficient (Wildman–Crippen LogP) is 2.80. The number of carbonyl (C=O) groups is 1. The lowest BCUT2D eigenvalue weighted by Crippen LogP contribution is -2.40. The van der Waals surface area contributed by atoms with Crippen LogP contribution in [0.1, 0.15) is 18.4 Å². The van der Waals surface area contributed by atoms with E-state index in [0.717, 1.165) is 11.4 Å². The molecule has 3 N–H and O–H groups in total. The first kappa shape index (κ1) is 16.8. The van der Waals surface area contributed by atoms with Crippen molar-refractivity contribution in [3.63, 3.8) is 0 Å². The summed E-state index contributed by atoms with van der Waals surface area (Å²) in [4.78, 5) is 12.1. The van der Waals surface area contributed by atoms with Gasteiger partial charge in [0, 0.05) is 17.6 Å². The molecule has 2 amide bonds. The van der Waals surface area contributed by atoms with Crippen LogP contribution in [0.3, 0.4) is 0 Å². The maximum atomic E-state index is 12.1. The van der Waals surface area contributed by atoms with Gasteiger partial charge >= 0.3 is 6.03 Å². The Balaban J connectivity index is 1.63. The molecule has 0 bridgehead atoms. The highest BCUT2D eigenvalue weighted by atomic mass is 16.4. The fourth-order valence-electron chi connectivity index (χ4n) is 2.46. The summed E-state index contributed by atoms with van der Waals surface area (Å²) < 4.78 is 6.97. The number of rotatable bonds is 5. The average molecular weight is 340 g/mol. The molecule has 2 heterocycles. The topological polar surface area (TPSA) is 92.3 Å². The first-order chi connectivity index (χ1) is 12.0. The summed E-state index contributed by atoms with van der Waals surface area (Å²) in [5.74, 6) is 0.393. The van der Waals surface area contributed by atoms with Gasteiger partial charge in [0.2, 0.25) is 0 Å². The molecule has 0 spiro atoms. The smallest absolute Gasteiger partial charge is 0.319 e. The van der Waals surface area contributed by atoms with Gasteiger partial charge in [0.15, 0.2) is 0 Å². The summed E-state index contributed by atoms with van der Waals surface area (Å²) in [6, 6.07) is 12.2. The fraction of sp³-hybridized carbons (Fsp3) is 0.222. The van der Waals surface area contributed by atoms with E-state index in [-0.39, 0.29) is 6.54 Å². The van der Waals surface area contributed by atoms with E-state index in [1.54, 1.807) is 36.0 Å². The van der Waals surface area contributed by atoms with E-state index in [1.807, 2.05) is 31.2 Å². The molecule has 0 radical (unpaired) electrons. The zero-order chi connectivity index (χ0) is 17.9. The number of aryl methyl sites for hydroxylation is 1. The maximum Gasteiger partial charge on any atom is 0.319 e. The molecule has 0 aliphatic rings. The van der Waals surface area contributed by atoms with Gasteiger partial charge in [-0.1, -0.05) is 6.07 Å². The number of furan rings is 1. The van der Waals surface area contributed by atoms with Crippen LogP contribution in [0, 0.1) is 6.92 Å². The molecule has 0 aliphatic carbocycles. The van der Waals surface area contributed by atoms with Gasteiger partial charge in [-0.2, -0.15) is 5.10 Å². The number of amides is 2. The van der Waals surface area contributed by atoms with Gasteiger partial charge in [-0.25, -0.2) is 9.48 Å². The molecule has 0 saturated carbocycles. The van der Waals surface area contributed by atoms with Crippen molar-refractivity contribution < 1.29 is 14.3 Å². The summed E-state index contributed by atoms with van der Waals surface area (Å²) >= 11 is 0. The van der Waals surface area contributed by atoms with E-state index >= 15 is 0 Å². The Hall–Kier alpha value is -3.06. The van der Waals surface area contributed by atoms with Crippen molar-refractivity contribution in [3.8, 4) is 5.69 Å². The number of aromatic nitrogens is 2. The number of hydrogen-bond donors (Lipinski definition) is 3. The zero-order valence-corrected chi connectivity index (χ0v) is 14.1. The Morgan fingerprint density at radius 1 is 1.32 bits per heavy atom. The van der Waals surface area contributed by atoms with E-state index in [2.05, 4.69) is 15.7 Å². The molecular formula is C18H20N4O3. The minimum absolute atomic E-state index is 0.0182. The second-order valence-electron chi connectivity index (χ2n) is 5.99. The summed E-state index contributed by atoms with van der Waals surface area (Å²) in [6.07, 6.45) is 3.20. The molecule has 0 unspecified atom stereocenters. The number of aliphatic hydroxyl groups is 1. The molecule has 7 nitrogen and oxygen atoms in total. The number of anilines is 1. The highest BCUT2D eigenvalue weighted by molar-refractivity contribution is 5.89. The van der Waals surface area contributed by atoms with Crippen molar-refractivity contribution in [1.82, 2.24) is 15.1 Å². The van der Waals surface area contributed by atoms with Crippen LogP contribution in [-0.4, -0.2) is 27.5 Å². The van der Waals surface area contributed by atoms with E-state index in [0.29, 0.717) is 11.4 Å². The Morgan fingerprint density at radius 2 is 2.16 bits per heavy atom. The summed E-state index contributed by atoms with van der Waals surface area (Å²) in [6.45, 7) is 3.55. The van der Waals surface area contributed by atoms with Crippen molar-refractivity contribution in [2.45, 2.75) is 19.4 Å². The molecule has 130 valence electrons. The van der Waals surface area contributed by atoms with E-state index < -0.39 is 11.6 Å². The van der Waals surface area contributed by atoms with Crippen LogP contribution in [0.4, 0.5) is 10.5 Å². The van der Waals surface area contributed by atoms with Gasteiger partial charge in [-0.15, -0.1) is 0 Å². The van der Waals surface area contributed by atoms with Crippen LogP contribution in [0.25, 0.3) is 5.69 Å². The quantitative estimate of drug-likeness (QED) is 0.666. The number of hydrogen-bond acceptors (Lipinski definition) is 4. The monoisotopic (exact) mass is 340 g/mol. The van der Waals surface area contributed by atoms with E-state index in [1.165, 1.54) is 6.26 Å². The largest absolute Gasteiger partial charge is 0.466 e. The first-order valence-corrected chi connectivity index (χ1v) is 7.88. The molecule has 3 rings (SSSR count). The van der Waals surface area contributed by atoms with Gasteiger partial charge in [0.05, 0.1) is 18.5 Å². The highest BCUT2D eigenvalue weighted by Gasteiger charge is 2.26. The molecule has 0 fully saturated rings. The van der Waals surface area contributed by atoms with Gasteiger partial charge in [-0.05, 0) is 50.2 Å². The molecule has 0 saturated heterocycles. The average Bonchev–Trinajstić information content (AvgIpc) is 3.25. The van der Waals surface area contributed by atoms with Crippen molar-refractivity contribution in [1.29, 1.82) is 0 Å². The molecule has 3 aromatic rings. The predicted molar refractivity (Wildman–Crippen MR) is 93.6 cm³/mol. The van der Waals surface area contributed by atoms with Gasteiger partial charge in [0.25, 0.3) is 0 Å². The Bertz CT molecular complexity index is 853. The van der Waals surface area contributed by atoms with Crippen molar-refractivity contribution in [2.24, 2.45) is 0 Å². The third-order valence-electron chi connectivity index (χ3n) is 3.83. The highest BCUT2D eigenvalue weighted by Crippen LogP contribution is 2.20. The normalized spacial score (nSPS) is 13.2. The number of benzene rings is 1. The molecule has 1 atom stereocenters. The van der Waals surface area contributed by atoms with Crippen LogP contribution in [-0.2, 0) is 5.60 Å². The SMILES string of the molecule is Cc1ccnn1-c1cccc(NC(=O)NC[C@](C)(O)c2ccco2)c1. The van der Waals surface area contributed by atoms with E-state index in [9.17, 15) is 9.90 Å². The van der Waals surface area contributed by atoms with E-state index in [4.69, 9.17) is 4.42 Å². The van der Waals surface area contributed by atoms with Gasteiger partial charge < -0.3 is 20.2 Å². The molecule has 1 aromatic carbocycles. The van der Waals surface area contributed by atoms with Crippen molar-refractivity contribution in [3.05, 3.63) is 66.4 Å². The number of carbonyl (C=O) groups excluding carboxylic acids is 1. The third kappa shape index (κ3) is 3.89. The molecular weight excluding hydrogens is 320 g/mol. The fourth-order valence-corrected chi connectivity index (χ4v) is 2.46. The maximum absolute atomic E-state index is 12.1. The summed E-state index contributed by atoms with van der Waals surface area (Å²) in [5.41, 5.74) is 1.19. The van der Waals surface area contributed by atoms with Crippen molar-refractivity contribution in [2.75, 3.05) is 11.9 Å². The number of nitrogens with one attached hydrogen (secondary N) is 2. The van der Waals surface area contributed by atoms with Crippen LogP contribution in [0.2, 0.25) is 0 Å². The van der Waals surface area contributed by atoms with Gasteiger partial charge in [0.1, 0.15) is 11.4 Å². The zero-order valence-electron chi connectivity index (χ0n) is 14.1. The van der Waals surface area contributed by atoms with Crippen LogP contribution in [0.15, 0.2) is 59.3 Å². The molecule has 2 aromatic heterocycles. The second-order valence-corrected chi connectivity index (χ2v) is 5.99. The first-order valence-electron chi connectivity index (χ1n) is 7.88. The molecule has 7 heteroatoms. The summed E-state index contributed by atoms with van der Waals surface area (Å²) in [5, 5.41) is 20.0. The van der Waals surface area contributed by atoms with Crippen LogP contribution < -0.4 is 10.6 Å². The minimum Gasteiger partial charge on any atom is -0.466 e.